The second-order valence-electron chi connectivity index (χ2n) is 3.01. The summed E-state index contributed by atoms with van der Waals surface area (Å²) in [6, 6.07) is 2.15. The van der Waals surface area contributed by atoms with E-state index in [1.807, 2.05) is 0 Å². The summed E-state index contributed by atoms with van der Waals surface area (Å²) in [6.45, 7) is 0. The maximum Gasteiger partial charge on any atom is 0.416 e. The van der Waals surface area contributed by atoms with Crippen LogP contribution in [0.4, 0.5) is 17.6 Å². The number of rotatable bonds is 2. The molecule has 0 heterocycles. The number of amidine groups is 1. The van der Waals surface area contributed by atoms with E-state index in [0.29, 0.717) is 6.07 Å². The van der Waals surface area contributed by atoms with Crippen molar-refractivity contribution in [1.82, 2.24) is 0 Å². The number of hydrogen-bond acceptors (Lipinski definition) is 1. The van der Waals surface area contributed by atoms with E-state index in [0.717, 1.165) is 12.1 Å². The molecule has 2 nitrogen and oxygen atoms in total. The lowest BCUT2D eigenvalue weighted by atomic mass is 10.1. The van der Waals surface area contributed by atoms with Gasteiger partial charge in [0.1, 0.15) is 5.82 Å². The van der Waals surface area contributed by atoms with Crippen molar-refractivity contribution in [2.24, 2.45) is 5.73 Å². The zero-order valence-corrected chi connectivity index (χ0v) is 7.53. The molecule has 0 aliphatic carbocycles. The van der Waals surface area contributed by atoms with E-state index in [-0.39, 0.29) is 17.8 Å². The van der Waals surface area contributed by atoms with E-state index in [1.54, 1.807) is 0 Å². The Morgan fingerprint density at radius 3 is 2.33 bits per heavy atom. The summed E-state index contributed by atoms with van der Waals surface area (Å²) in [6.07, 6.45) is -4.75. The molecule has 0 radical (unpaired) electrons. The van der Waals surface area contributed by atoms with Gasteiger partial charge in [0.25, 0.3) is 0 Å². The van der Waals surface area contributed by atoms with Gasteiger partial charge in [-0.25, -0.2) is 4.39 Å². The van der Waals surface area contributed by atoms with Crippen LogP contribution in [-0.2, 0) is 12.6 Å². The minimum absolute atomic E-state index is 0.0181. The quantitative estimate of drug-likeness (QED) is 0.448. The molecule has 0 amide bonds. The van der Waals surface area contributed by atoms with Crippen molar-refractivity contribution >= 4 is 5.84 Å². The van der Waals surface area contributed by atoms with Crippen molar-refractivity contribution < 1.29 is 17.6 Å². The summed E-state index contributed by atoms with van der Waals surface area (Å²) in [7, 11) is 0. The Kier molecular flexibility index (Phi) is 2.97. The summed E-state index contributed by atoms with van der Waals surface area (Å²) in [5.41, 5.74) is 3.94. The number of alkyl halides is 3. The summed E-state index contributed by atoms with van der Waals surface area (Å²) < 4.78 is 49.5. The molecule has 0 bridgehead atoms. The molecule has 0 atom stereocenters. The van der Waals surface area contributed by atoms with Gasteiger partial charge in [-0.2, -0.15) is 13.2 Å². The summed E-state index contributed by atoms with van der Waals surface area (Å²) in [5.74, 6) is -1.30. The lowest BCUT2D eigenvalue weighted by molar-refractivity contribution is -0.137. The first-order valence-corrected chi connectivity index (χ1v) is 3.99. The molecule has 0 spiro atoms. The van der Waals surface area contributed by atoms with Crippen LogP contribution in [0.3, 0.4) is 0 Å². The van der Waals surface area contributed by atoms with Crippen LogP contribution < -0.4 is 5.73 Å². The standard InChI is InChI=1S/C9H8F4N2/c10-7-4-6(9(11,12)13)2-1-5(7)3-8(14)15/h1-2,4H,3H2,(H3,14,15). The van der Waals surface area contributed by atoms with E-state index in [2.05, 4.69) is 0 Å². The molecule has 0 aromatic heterocycles. The molecular formula is C9H8F4N2. The molecule has 0 aliphatic rings. The number of nitrogens with one attached hydrogen (secondary N) is 1. The number of hydrogen-bond donors (Lipinski definition) is 2. The van der Waals surface area contributed by atoms with Crippen LogP contribution in [0.5, 0.6) is 0 Å². The van der Waals surface area contributed by atoms with Gasteiger partial charge in [-0.05, 0) is 17.7 Å². The third-order valence-corrected chi connectivity index (χ3v) is 1.76. The van der Waals surface area contributed by atoms with E-state index in [9.17, 15) is 17.6 Å². The first-order chi connectivity index (χ1) is 6.80. The minimum Gasteiger partial charge on any atom is -0.387 e. The van der Waals surface area contributed by atoms with Gasteiger partial charge in [0.2, 0.25) is 0 Å². The SMILES string of the molecule is N=C(N)Cc1ccc(C(F)(F)F)cc1F. The van der Waals surface area contributed by atoms with Crippen molar-refractivity contribution in [3.05, 3.63) is 35.1 Å². The molecule has 0 saturated heterocycles. The molecule has 82 valence electrons. The van der Waals surface area contributed by atoms with Crippen molar-refractivity contribution in [3.63, 3.8) is 0 Å². The smallest absolute Gasteiger partial charge is 0.387 e. The average molecular weight is 220 g/mol. The van der Waals surface area contributed by atoms with Crippen LogP contribution in [0.25, 0.3) is 0 Å². The topological polar surface area (TPSA) is 49.9 Å². The van der Waals surface area contributed by atoms with Crippen LogP contribution in [0.2, 0.25) is 0 Å². The molecule has 0 saturated carbocycles. The molecule has 0 aliphatic heterocycles. The third-order valence-electron chi connectivity index (χ3n) is 1.76. The van der Waals surface area contributed by atoms with Gasteiger partial charge in [0.05, 0.1) is 11.4 Å². The molecule has 1 rings (SSSR count). The van der Waals surface area contributed by atoms with Crippen molar-refractivity contribution in [1.29, 1.82) is 5.41 Å². The zero-order chi connectivity index (χ0) is 11.6. The average Bonchev–Trinajstić information content (AvgIpc) is 2.05. The Labute approximate surface area is 83.2 Å². The lowest BCUT2D eigenvalue weighted by Crippen LogP contribution is -2.14. The highest BCUT2D eigenvalue weighted by Gasteiger charge is 2.31. The highest BCUT2D eigenvalue weighted by molar-refractivity contribution is 5.79. The second-order valence-corrected chi connectivity index (χ2v) is 3.01. The molecule has 1 aromatic carbocycles. The Hall–Kier alpha value is -1.59. The Morgan fingerprint density at radius 2 is 1.93 bits per heavy atom. The van der Waals surface area contributed by atoms with Crippen LogP contribution in [0.1, 0.15) is 11.1 Å². The maximum atomic E-state index is 13.1. The number of benzene rings is 1. The van der Waals surface area contributed by atoms with Gasteiger partial charge in [-0.3, -0.25) is 5.41 Å². The summed E-state index contributed by atoms with van der Waals surface area (Å²) in [5, 5.41) is 6.89. The van der Waals surface area contributed by atoms with Crippen molar-refractivity contribution in [2.45, 2.75) is 12.6 Å². The van der Waals surface area contributed by atoms with Gasteiger partial charge < -0.3 is 5.73 Å². The lowest BCUT2D eigenvalue weighted by Gasteiger charge is -2.08. The molecule has 0 unspecified atom stereocenters. The molecule has 1 aromatic rings. The monoisotopic (exact) mass is 220 g/mol. The summed E-state index contributed by atoms with van der Waals surface area (Å²) in [4.78, 5) is 0. The number of nitrogens with two attached hydrogens (primary N) is 1. The van der Waals surface area contributed by atoms with Crippen molar-refractivity contribution in [2.75, 3.05) is 0 Å². The van der Waals surface area contributed by atoms with Gasteiger partial charge in [0, 0.05) is 6.42 Å². The molecule has 0 fully saturated rings. The fourth-order valence-electron chi connectivity index (χ4n) is 1.07. The highest BCUT2D eigenvalue weighted by atomic mass is 19.4. The maximum absolute atomic E-state index is 13.1. The predicted molar refractivity (Wildman–Crippen MR) is 47.0 cm³/mol. The first-order valence-electron chi connectivity index (χ1n) is 3.99. The van der Waals surface area contributed by atoms with Gasteiger partial charge in [-0.1, -0.05) is 6.07 Å². The van der Waals surface area contributed by atoms with Crippen molar-refractivity contribution in [3.8, 4) is 0 Å². The Balaban J connectivity index is 3.03. The predicted octanol–water partition coefficient (Wildman–Crippen LogP) is 2.32. The molecule has 3 N–H and O–H groups in total. The van der Waals surface area contributed by atoms with Crippen LogP contribution in [0, 0.1) is 11.2 Å². The van der Waals surface area contributed by atoms with Crippen LogP contribution >= 0.6 is 0 Å². The van der Waals surface area contributed by atoms with E-state index < -0.39 is 17.6 Å². The van der Waals surface area contributed by atoms with Crippen LogP contribution in [-0.4, -0.2) is 5.84 Å². The normalized spacial score (nSPS) is 11.5. The molecular weight excluding hydrogens is 212 g/mol. The number of halogens is 4. The third kappa shape index (κ3) is 2.93. The fourth-order valence-corrected chi connectivity index (χ4v) is 1.07. The first kappa shape index (κ1) is 11.5. The van der Waals surface area contributed by atoms with E-state index in [1.165, 1.54) is 0 Å². The molecule has 6 heteroatoms. The second kappa shape index (κ2) is 3.88. The molecule has 15 heavy (non-hydrogen) atoms. The van der Waals surface area contributed by atoms with Gasteiger partial charge in [0.15, 0.2) is 0 Å². The fraction of sp³-hybridized carbons (Fsp3) is 0.222. The Bertz CT molecular complexity index is 384. The van der Waals surface area contributed by atoms with Crippen LogP contribution in [0.15, 0.2) is 18.2 Å². The highest BCUT2D eigenvalue weighted by Crippen LogP contribution is 2.30. The van der Waals surface area contributed by atoms with E-state index in [4.69, 9.17) is 11.1 Å². The minimum atomic E-state index is -4.56. The van der Waals surface area contributed by atoms with Gasteiger partial charge in [-0.15, -0.1) is 0 Å². The Morgan fingerprint density at radius 1 is 1.33 bits per heavy atom. The summed E-state index contributed by atoms with van der Waals surface area (Å²) >= 11 is 0. The van der Waals surface area contributed by atoms with Gasteiger partial charge >= 0.3 is 6.18 Å². The zero-order valence-electron chi connectivity index (χ0n) is 7.53. The van der Waals surface area contributed by atoms with E-state index >= 15 is 0 Å². The largest absolute Gasteiger partial charge is 0.416 e.